The minimum Gasteiger partial charge on any atom is -0.311 e. The summed E-state index contributed by atoms with van der Waals surface area (Å²) in [6, 6.07) is 12.3. The van der Waals surface area contributed by atoms with Crippen LogP contribution in [-0.2, 0) is 13.1 Å². The zero-order valence-electron chi connectivity index (χ0n) is 14.7. The molecule has 0 saturated carbocycles. The van der Waals surface area contributed by atoms with Crippen molar-refractivity contribution in [1.29, 1.82) is 0 Å². The van der Waals surface area contributed by atoms with Gasteiger partial charge in [-0.15, -0.1) is 12.4 Å². The third kappa shape index (κ3) is 3.27. The van der Waals surface area contributed by atoms with Gasteiger partial charge in [0.15, 0.2) is 5.82 Å². The zero-order valence-corrected chi connectivity index (χ0v) is 15.5. The lowest BCUT2D eigenvalue weighted by atomic mass is 10.2. The molecule has 4 heterocycles. The van der Waals surface area contributed by atoms with Gasteiger partial charge in [-0.1, -0.05) is 0 Å². The summed E-state index contributed by atoms with van der Waals surface area (Å²) in [5, 5.41) is 12.5. The lowest BCUT2D eigenvalue weighted by molar-refractivity contribution is 0.588. The molecule has 138 valence electrons. The van der Waals surface area contributed by atoms with Crippen LogP contribution in [0.1, 0.15) is 12.1 Å². The number of aryl methyl sites for hydroxylation is 1. The lowest BCUT2D eigenvalue weighted by Crippen LogP contribution is -2.11. The summed E-state index contributed by atoms with van der Waals surface area (Å²) in [7, 11) is 0. The van der Waals surface area contributed by atoms with E-state index in [-0.39, 0.29) is 12.4 Å². The SMILES string of the molecule is Cl.c1cnn(-c2ccc(-n3ccnc3-c3cc4n(n3)CCCNC4)cc2)c1. The minimum absolute atomic E-state index is 0. The Bertz CT molecular complexity index is 991. The number of nitrogens with one attached hydrogen (secondary N) is 1. The molecule has 27 heavy (non-hydrogen) atoms. The number of nitrogens with zero attached hydrogens (tertiary/aromatic N) is 6. The summed E-state index contributed by atoms with van der Waals surface area (Å²) in [4.78, 5) is 4.55. The molecular formula is C19H20ClN7. The quantitative estimate of drug-likeness (QED) is 0.592. The Balaban J connectivity index is 0.00000180. The highest BCUT2D eigenvalue weighted by Crippen LogP contribution is 2.23. The van der Waals surface area contributed by atoms with Gasteiger partial charge in [-0.2, -0.15) is 10.2 Å². The summed E-state index contributed by atoms with van der Waals surface area (Å²) in [5.74, 6) is 0.859. The molecule has 0 aliphatic carbocycles. The molecule has 1 aromatic carbocycles. The Kier molecular flexibility index (Phi) is 4.79. The van der Waals surface area contributed by atoms with Gasteiger partial charge in [0.1, 0.15) is 5.69 Å². The molecule has 0 saturated heterocycles. The van der Waals surface area contributed by atoms with E-state index in [0.29, 0.717) is 0 Å². The van der Waals surface area contributed by atoms with Crippen LogP contribution >= 0.6 is 12.4 Å². The molecule has 7 nitrogen and oxygen atoms in total. The van der Waals surface area contributed by atoms with Crippen molar-refractivity contribution in [3.8, 4) is 22.9 Å². The van der Waals surface area contributed by atoms with Crippen LogP contribution in [0.2, 0.25) is 0 Å². The Hall–Kier alpha value is -2.90. The van der Waals surface area contributed by atoms with Gasteiger partial charge >= 0.3 is 0 Å². The van der Waals surface area contributed by atoms with E-state index in [1.807, 2.05) is 29.3 Å². The smallest absolute Gasteiger partial charge is 0.165 e. The van der Waals surface area contributed by atoms with Crippen LogP contribution < -0.4 is 5.32 Å². The molecule has 0 fully saturated rings. The highest BCUT2D eigenvalue weighted by atomic mass is 35.5. The fourth-order valence-electron chi connectivity index (χ4n) is 3.36. The second kappa shape index (κ2) is 7.38. The van der Waals surface area contributed by atoms with Crippen molar-refractivity contribution in [2.24, 2.45) is 0 Å². The maximum atomic E-state index is 4.78. The van der Waals surface area contributed by atoms with Gasteiger partial charge in [0.05, 0.1) is 11.4 Å². The number of aromatic nitrogens is 6. The monoisotopic (exact) mass is 381 g/mol. The summed E-state index contributed by atoms with van der Waals surface area (Å²) in [6.45, 7) is 2.84. The topological polar surface area (TPSA) is 65.5 Å². The van der Waals surface area contributed by atoms with Gasteiger partial charge in [0.25, 0.3) is 0 Å². The van der Waals surface area contributed by atoms with Crippen molar-refractivity contribution >= 4 is 12.4 Å². The van der Waals surface area contributed by atoms with Crippen LogP contribution in [-0.4, -0.2) is 35.7 Å². The standard InChI is InChI=1S/C19H19N7.ClH/c1-7-20-14-17-13-18(23-26(17)11-1)19-21-9-12-24(19)15-3-5-16(6-4-15)25-10-2-8-22-25;/h2-6,8-10,12-13,20H,1,7,11,14H2;1H. The van der Waals surface area contributed by atoms with E-state index in [4.69, 9.17) is 5.10 Å². The van der Waals surface area contributed by atoms with Crippen molar-refractivity contribution < 1.29 is 0 Å². The molecule has 5 rings (SSSR count). The Labute approximate surface area is 163 Å². The Morgan fingerprint density at radius 2 is 1.85 bits per heavy atom. The Morgan fingerprint density at radius 3 is 2.67 bits per heavy atom. The molecule has 1 N–H and O–H groups in total. The van der Waals surface area contributed by atoms with Crippen molar-refractivity contribution in [2.75, 3.05) is 6.54 Å². The van der Waals surface area contributed by atoms with E-state index in [1.54, 1.807) is 6.20 Å². The third-order valence-corrected chi connectivity index (χ3v) is 4.66. The van der Waals surface area contributed by atoms with Crippen LogP contribution in [0.15, 0.2) is 61.2 Å². The molecule has 1 aliphatic heterocycles. The lowest BCUT2D eigenvalue weighted by Gasteiger charge is -2.08. The molecule has 0 amide bonds. The fraction of sp³-hybridized carbons (Fsp3) is 0.211. The second-order valence-electron chi connectivity index (χ2n) is 6.36. The largest absolute Gasteiger partial charge is 0.311 e. The van der Waals surface area contributed by atoms with E-state index >= 15 is 0 Å². The van der Waals surface area contributed by atoms with Crippen molar-refractivity contribution in [3.05, 3.63) is 66.9 Å². The first-order valence-electron chi connectivity index (χ1n) is 8.80. The van der Waals surface area contributed by atoms with E-state index in [0.717, 1.165) is 48.9 Å². The molecule has 3 aromatic heterocycles. The number of benzene rings is 1. The van der Waals surface area contributed by atoms with E-state index in [2.05, 4.69) is 55.0 Å². The number of hydrogen-bond acceptors (Lipinski definition) is 4. The summed E-state index contributed by atoms with van der Waals surface area (Å²) < 4.78 is 6.01. The number of fused-ring (bicyclic) bond motifs is 1. The predicted molar refractivity (Wildman–Crippen MR) is 105 cm³/mol. The van der Waals surface area contributed by atoms with Gasteiger partial charge in [-0.05, 0) is 49.4 Å². The van der Waals surface area contributed by atoms with E-state index in [1.165, 1.54) is 5.69 Å². The zero-order chi connectivity index (χ0) is 17.3. The van der Waals surface area contributed by atoms with E-state index < -0.39 is 0 Å². The van der Waals surface area contributed by atoms with Crippen LogP contribution in [0.3, 0.4) is 0 Å². The molecule has 0 radical (unpaired) electrons. The van der Waals surface area contributed by atoms with Gasteiger partial charge in [-0.3, -0.25) is 9.25 Å². The maximum Gasteiger partial charge on any atom is 0.165 e. The van der Waals surface area contributed by atoms with Gasteiger partial charge in [-0.25, -0.2) is 9.67 Å². The number of imidazole rings is 1. The highest BCUT2D eigenvalue weighted by molar-refractivity contribution is 5.85. The molecule has 4 aromatic rings. The van der Waals surface area contributed by atoms with Crippen molar-refractivity contribution in [3.63, 3.8) is 0 Å². The molecule has 8 heteroatoms. The number of hydrogen-bond donors (Lipinski definition) is 1. The van der Waals surface area contributed by atoms with E-state index in [9.17, 15) is 0 Å². The summed E-state index contributed by atoms with van der Waals surface area (Å²) >= 11 is 0. The second-order valence-corrected chi connectivity index (χ2v) is 6.36. The van der Waals surface area contributed by atoms with Crippen LogP contribution in [0.4, 0.5) is 0 Å². The predicted octanol–water partition coefficient (Wildman–Crippen LogP) is 2.84. The average Bonchev–Trinajstić information content (AvgIpc) is 3.41. The van der Waals surface area contributed by atoms with Crippen LogP contribution in [0.5, 0.6) is 0 Å². The van der Waals surface area contributed by atoms with Crippen LogP contribution in [0.25, 0.3) is 22.9 Å². The van der Waals surface area contributed by atoms with Gasteiger partial charge < -0.3 is 5.32 Å². The minimum atomic E-state index is 0. The fourth-order valence-corrected chi connectivity index (χ4v) is 3.36. The normalized spacial score (nSPS) is 13.6. The molecule has 0 spiro atoms. The highest BCUT2D eigenvalue weighted by Gasteiger charge is 2.16. The number of halogens is 1. The first-order valence-corrected chi connectivity index (χ1v) is 8.80. The summed E-state index contributed by atoms with van der Waals surface area (Å²) in [5.41, 5.74) is 4.20. The molecular weight excluding hydrogens is 362 g/mol. The van der Waals surface area contributed by atoms with Crippen LogP contribution in [0, 0.1) is 0 Å². The first kappa shape index (κ1) is 17.5. The maximum absolute atomic E-state index is 4.78. The van der Waals surface area contributed by atoms with Gasteiger partial charge in [0.2, 0.25) is 0 Å². The van der Waals surface area contributed by atoms with Crippen molar-refractivity contribution in [2.45, 2.75) is 19.5 Å². The third-order valence-electron chi connectivity index (χ3n) is 4.66. The first-order chi connectivity index (χ1) is 12.9. The average molecular weight is 382 g/mol. The summed E-state index contributed by atoms with van der Waals surface area (Å²) in [6.07, 6.45) is 8.60. The Morgan fingerprint density at radius 1 is 1.00 bits per heavy atom. The van der Waals surface area contributed by atoms with Crippen molar-refractivity contribution in [1.82, 2.24) is 34.4 Å². The molecule has 0 bridgehead atoms. The molecule has 1 aliphatic rings. The molecule has 0 unspecified atom stereocenters. The molecule has 0 atom stereocenters. The van der Waals surface area contributed by atoms with Gasteiger partial charge in [0, 0.05) is 43.6 Å². The number of rotatable bonds is 3.